The lowest BCUT2D eigenvalue weighted by atomic mass is 10.4. The molecule has 102 valence electrons. The summed E-state index contributed by atoms with van der Waals surface area (Å²) in [5.41, 5.74) is 0.833. The maximum absolute atomic E-state index is 13.7. The summed E-state index contributed by atoms with van der Waals surface area (Å²) < 4.78 is 28.8. The summed E-state index contributed by atoms with van der Waals surface area (Å²) in [5.74, 6) is -1.31. The summed E-state index contributed by atoms with van der Waals surface area (Å²) in [6.07, 6.45) is 0. The van der Waals surface area contributed by atoms with Gasteiger partial charge in [-0.1, -0.05) is 0 Å². The van der Waals surface area contributed by atoms with Crippen molar-refractivity contribution in [2.45, 2.75) is 23.9 Å². The Balaban J connectivity index is 2.34. The van der Waals surface area contributed by atoms with Gasteiger partial charge >= 0.3 is 0 Å². The third kappa shape index (κ3) is 3.04. The average molecular weight is 284 g/mol. The molecule has 0 aliphatic carbocycles. The molecule has 2 aromatic heterocycles. The van der Waals surface area contributed by atoms with E-state index in [9.17, 15) is 8.78 Å². The molecule has 2 heterocycles. The summed E-state index contributed by atoms with van der Waals surface area (Å²) >= 11 is 1.12. The van der Waals surface area contributed by atoms with Crippen molar-refractivity contribution < 1.29 is 8.78 Å². The Bertz CT molecular complexity index is 598. The second kappa shape index (κ2) is 5.56. The molecule has 2 rings (SSSR count). The Morgan fingerprint density at radius 3 is 2.63 bits per heavy atom. The summed E-state index contributed by atoms with van der Waals surface area (Å²) in [7, 11) is 1.77. The first-order chi connectivity index (χ1) is 9.01. The van der Waals surface area contributed by atoms with Crippen LogP contribution in [0, 0.1) is 18.6 Å². The van der Waals surface area contributed by atoms with Crippen molar-refractivity contribution in [2.24, 2.45) is 7.05 Å². The molecule has 0 unspecified atom stereocenters. The Kier molecular flexibility index (Phi) is 4.04. The van der Waals surface area contributed by atoms with Crippen molar-refractivity contribution in [2.75, 3.05) is 11.9 Å². The Morgan fingerprint density at radius 1 is 1.32 bits per heavy atom. The quantitative estimate of drug-likeness (QED) is 0.937. The third-order valence-electron chi connectivity index (χ3n) is 2.40. The molecule has 0 amide bonds. The second-order valence-electron chi connectivity index (χ2n) is 3.99. The monoisotopic (exact) mass is 284 g/mol. The van der Waals surface area contributed by atoms with Crippen molar-refractivity contribution in [1.82, 2.24) is 14.8 Å². The Hall–Kier alpha value is -1.63. The van der Waals surface area contributed by atoms with E-state index in [-0.39, 0.29) is 10.8 Å². The van der Waals surface area contributed by atoms with E-state index in [0.29, 0.717) is 6.54 Å². The molecule has 0 saturated heterocycles. The molecule has 0 spiro atoms. The average Bonchev–Trinajstić information content (AvgIpc) is 2.64. The first kappa shape index (κ1) is 13.8. The molecule has 0 saturated carbocycles. The minimum Gasteiger partial charge on any atom is -0.368 e. The molecule has 0 bridgehead atoms. The van der Waals surface area contributed by atoms with Gasteiger partial charge in [0.2, 0.25) is 0 Å². The van der Waals surface area contributed by atoms with Gasteiger partial charge in [0.1, 0.15) is 10.1 Å². The molecule has 1 N–H and O–H groups in total. The van der Waals surface area contributed by atoms with Crippen LogP contribution >= 0.6 is 11.8 Å². The summed E-state index contributed by atoms with van der Waals surface area (Å²) in [6.45, 7) is 4.19. The summed E-state index contributed by atoms with van der Waals surface area (Å²) in [6, 6.07) is 2.67. The molecule has 0 aliphatic heterocycles. The van der Waals surface area contributed by atoms with Gasteiger partial charge in [0, 0.05) is 19.7 Å². The van der Waals surface area contributed by atoms with Crippen LogP contribution in [-0.2, 0) is 7.05 Å². The normalized spacial score (nSPS) is 10.8. The first-order valence-corrected chi connectivity index (χ1v) is 6.61. The molecule has 0 atom stereocenters. The largest absolute Gasteiger partial charge is 0.368 e. The highest BCUT2D eigenvalue weighted by Crippen LogP contribution is 2.30. The first-order valence-electron chi connectivity index (χ1n) is 5.79. The number of anilines is 1. The molecule has 2 aromatic rings. The molecular weight excluding hydrogens is 270 g/mol. The van der Waals surface area contributed by atoms with Gasteiger partial charge in [0.25, 0.3) is 0 Å². The fourth-order valence-electron chi connectivity index (χ4n) is 1.59. The van der Waals surface area contributed by atoms with E-state index >= 15 is 0 Å². The van der Waals surface area contributed by atoms with E-state index in [1.54, 1.807) is 11.7 Å². The van der Waals surface area contributed by atoms with Gasteiger partial charge in [0.05, 0.1) is 5.69 Å². The lowest BCUT2D eigenvalue weighted by Crippen LogP contribution is -2.04. The van der Waals surface area contributed by atoms with E-state index in [1.165, 1.54) is 0 Å². The number of pyridine rings is 1. The minimum absolute atomic E-state index is 0.0605. The maximum Gasteiger partial charge on any atom is 0.168 e. The summed E-state index contributed by atoms with van der Waals surface area (Å²) in [5, 5.41) is 7.80. The molecule has 0 aliphatic rings. The molecule has 0 aromatic carbocycles. The van der Waals surface area contributed by atoms with Crippen LogP contribution in [-0.4, -0.2) is 21.3 Å². The van der Waals surface area contributed by atoms with Gasteiger partial charge in [-0.2, -0.15) is 5.10 Å². The minimum atomic E-state index is -0.690. The Labute approximate surface area is 114 Å². The number of halogens is 2. The number of nitrogens with zero attached hydrogens (tertiary/aromatic N) is 3. The molecule has 0 radical (unpaired) electrons. The van der Waals surface area contributed by atoms with Crippen molar-refractivity contribution in [3.05, 3.63) is 29.5 Å². The van der Waals surface area contributed by atoms with Gasteiger partial charge in [-0.3, -0.25) is 4.68 Å². The van der Waals surface area contributed by atoms with Crippen molar-refractivity contribution in [1.29, 1.82) is 0 Å². The van der Waals surface area contributed by atoms with Crippen molar-refractivity contribution in [3.8, 4) is 0 Å². The molecule has 0 fully saturated rings. The number of nitrogens with one attached hydrogen (secondary N) is 1. The maximum atomic E-state index is 13.7. The SMILES string of the molecule is CCNc1nc(Sc2cc(C)nn2C)c(F)cc1F. The molecular formula is C12H14F2N4S. The van der Waals surface area contributed by atoms with E-state index in [2.05, 4.69) is 15.4 Å². The highest BCUT2D eigenvalue weighted by Gasteiger charge is 2.14. The van der Waals surface area contributed by atoms with Crippen LogP contribution < -0.4 is 5.32 Å². The van der Waals surface area contributed by atoms with Crippen molar-refractivity contribution in [3.63, 3.8) is 0 Å². The topological polar surface area (TPSA) is 42.7 Å². The zero-order chi connectivity index (χ0) is 14.0. The van der Waals surface area contributed by atoms with Gasteiger partial charge in [-0.05, 0) is 31.7 Å². The number of hydrogen-bond donors (Lipinski definition) is 1. The fourth-order valence-corrected chi connectivity index (χ4v) is 2.49. The predicted octanol–water partition coefficient (Wildman–Crippen LogP) is 2.98. The number of rotatable bonds is 4. The molecule has 7 heteroatoms. The zero-order valence-electron chi connectivity index (χ0n) is 10.9. The standard InChI is InChI=1S/C12H14F2N4S/c1-4-15-11-8(13)6-9(14)12(16-11)19-10-5-7(2)17-18(10)3/h5-6H,4H2,1-3H3,(H,15,16). The van der Waals surface area contributed by atoms with Gasteiger partial charge in [0.15, 0.2) is 17.5 Å². The van der Waals surface area contributed by atoms with Crippen LogP contribution in [0.4, 0.5) is 14.6 Å². The van der Waals surface area contributed by atoms with Crippen molar-refractivity contribution >= 4 is 17.6 Å². The van der Waals surface area contributed by atoms with Gasteiger partial charge in [-0.25, -0.2) is 13.8 Å². The van der Waals surface area contributed by atoms with Gasteiger partial charge < -0.3 is 5.32 Å². The van der Waals surface area contributed by atoms with Crippen LogP contribution in [0.3, 0.4) is 0 Å². The zero-order valence-corrected chi connectivity index (χ0v) is 11.7. The van der Waals surface area contributed by atoms with E-state index < -0.39 is 11.6 Å². The number of aryl methyl sites for hydroxylation is 2. The fraction of sp³-hybridized carbons (Fsp3) is 0.333. The highest BCUT2D eigenvalue weighted by molar-refractivity contribution is 7.99. The van der Waals surface area contributed by atoms with Crippen LogP contribution in [0.2, 0.25) is 0 Å². The number of hydrogen-bond acceptors (Lipinski definition) is 4. The van der Waals surface area contributed by atoms with Crippen LogP contribution in [0.1, 0.15) is 12.6 Å². The van der Waals surface area contributed by atoms with Crippen LogP contribution in [0.15, 0.2) is 22.2 Å². The third-order valence-corrected chi connectivity index (χ3v) is 3.47. The summed E-state index contributed by atoms with van der Waals surface area (Å²) in [4.78, 5) is 3.97. The van der Waals surface area contributed by atoms with E-state index in [1.807, 2.05) is 19.9 Å². The lowest BCUT2D eigenvalue weighted by molar-refractivity contribution is 0.550. The van der Waals surface area contributed by atoms with E-state index in [0.717, 1.165) is 28.5 Å². The predicted molar refractivity (Wildman–Crippen MR) is 70.4 cm³/mol. The molecule has 19 heavy (non-hydrogen) atoms. The Morgan fingerprint density at radius 2 is 2.05 bits per heavy atom. The van der Waals surface area contributed by atoms with E-state index in [4.69, 9.17) is 0 Å². The molecule has 4 nitrogen and oxygen atoms in total. The highest BCUT2D eigenvalue weighted by atomic mass is 32.2. The van der Waals surface area contributed by atoms with Gasteiger partial charge in [-0.15, -0.1) is 0 Å². The van der Waals surface area contributed by atoms with Crippen LogP contribution in [0.25, 0.3) is 0 Å². The smallest absolute Gasteiger partial charge is 0.168 e. The number of aromatic nitrogens is 3. The lowest BCUT2D eigenvalue weighted by Gasteiger charge is -2.07. The van der Waals surface area contributed by atoms with Crippen LogP contribution in [0.5, 0.6) is 0 Å². The second-order valence-corrected chi connectivity index (χ2v) is 4.99.